The number of benzene rings is 2. The van der Waals surface area contributed by atoms with Gasteiger partial charge in [-0.05, 0) is 56.2 Å². The molecule has 5 heteroatoms. The minimum Gasteiger partial charge on any atom is -0.484 e. The molecule has 0 bridgehead atoms. The van der Waals surface area contributed by atoms with Crippen LogP contribution < -0.4 is 9.64 Å². The summed E-state index contributed by atoms with van der Waals surface area (Å²) in [6, 6.07) is 14.7. The third-order valence-corrected chi connectivity index (χ3v) is 4.20. The molecular weight excluding hydrogens is 318 g/mol. The largest absolute Gasteiger partial charge is 0.484 e. The molecule has 0 fully saturated rings. The number of rotatable bonds is 5. The maximum absolute atomic E-state index is 12.6. The van der Waals surface area contributed by atoms with Crippen LogP contribution in [0.1, 0.15) is 29.8 Å². The third-order valence-electron chi connectivity index (χ3n) is 4.20. The van der Waals surface area contributed by atoms with E-state index in [1.807, 2.05) is 31.2 Å². The second kappa shape index (κ2) is 7.38. The lowest BCUT2D eigenvalue weighted by atomic mass is 10.1. The van der Waals surface area contributed by atoms with E-state index in [-0.39, 0.29) is 24.5 Å². The fraction of sp³-hybridized carbons (Fsp3) is 0.300. The van der Waals surface area contributed by atoms with Gasteiger partial charge in [-0.1, -0.05) is 18.2 Å². The number of fused-ring (bicyclic) bond motifs is 1. The molecule has 0 radical (unpaired) electrons. The molecule has 1 heterocycles. The van der Waals surface area contributed by atoms with Crippen molar-refractivity contribution >= 4 is 17.6 Å². The van der Waals surface area contributed by atoms with Crippen molar-refractivity contribution in [1.29, 1.82) is 0 Å². The van der Waals surface area contributed by atoms with Crippen LogP contribution in [0.25, 0.3) is 0 Å². The summed E-state index contributed by atoms with van der Waals surface area (Å²) in [4.78, 5) is 26.0. The molecule has 0 spiro atoms. The lowest BCUT2D eigenvalue weighted by molar-refractivity contribution is -0.120. The van der Waals surface area contributed by atoms with Gasteiger partial charge < -0.3 is 14.4 Å². The summed E-state index contributed by atoms with van der Waals surface area (Å²) in [7, 11) is 0. The van der Waals surface area contributed by atoms with Gasteiger partial charge in [0.25, 0.3) is 5.91 Å². The summed E-state index contributed by atoms with van der Waals surface area (Å²) < 4.78 is 10.5. The predicted octanol–water partition coefficient (Wildman–Crippen LogP) is 3.22. The van der Waals surface area contributed by atoms with E-state index in [2.05, 4.69) is 0 Å². The fourth-order valence-corrected chi connectivity index (χ4v) is 3.06. The summed E-state index contributed by atoms with van der Waals surface area (Å²) in [6.45, 7) is 4.09. The van der Waals surface area contributed by atoms with Crippen molar-refractivity contribution in [3.8, 4) is 5.75 Å². The van der Waals surface area contributed by atoms with E-state index in [0.29, 0.717) is 17.9 Å². The molecule has 1 amide bonds. The van der Waals surface area contributed by atoms with Crippen LogP contribution in [0.2, 0.25) is 0 Å². The first-order valence-corrected chi connectivity index (χ1v) is 8.40. The molecule has 1 aliphatic rings. The highest BCUT2D eigenvalue weighted by atomic mass is 16.5. The van der Waals surface area contributed by atoms with E-state index in [1.54, 1.807) is 36.1 Å². The monoisotopic (exact) mass is 339 g/mol. The highest BCUT2D eigenvalue weighted by Gasteiger charge is 2.30. The molecule has 1 aliphatic heterocycles. The van der Waals surface area contributed by atoms with Gasteiger partial charge in [-0.2, -0.15) is 0 Å². The van der Waals surface area contributed by atoms with Gasteiger partial charge in [0.15, 0.2) is 6.61 Å². The van der Waals surface area contributed by atoms with E-state index < -0.39 is 0 Å². The Morgan fingerprint density at radius 1 is 1.12 bits per heavy atom. The number of hydrogen-bond donors (Lipinski definition) is 0. The van der Waals surface area contributed by atoms with E-state index >= 15 is 0 Å². The molecular formula is C20H21NO4. The highest BCUT2D eigenvalue weighted by molar-refractivity contribution is 5.97. The summed E-state index contributed by atoms with van der Waals surface area (Å²) in [5.74, 6) is 0.0982. The number of carbonyl (C=O) groups excluding carboxylic acids is 2. The van der Waals surface area contributed by atoms with Crippen molar-refractivity contribution in [2.75, 3.05) is 18.1 Å². The Balaban J connectivity index is 1.62. The zero-order chi connectivity index (χ0) is 17.8. The molecule has 3 rings (SSSR count). The van der Waals surface area contributed by atoms with Crippen LogP contribution in [0.4, 0.5) is 5.69 Å². The van der Waals surface area contributed by atoms with Gasteiger partial charge in [-0.25, -0.2) is 4.79 Å². The van der Waals surface area contributed by atoms with E-state index in [4.69, 9.17) is 9.47 Å². The van der Waals surface area contributed by atoms with Crippen molar-refractivity contribution < 1.29 is 19.1 Å². The molecule has 0 unspecified atom stereocenters. The van der Waals surface area contributed by atoms with Crippen molar-refractivity contribution in [1.82, 2.24) is 0 Å². The lowest BCUT2D eigenvalue weighted by Gasteiger charge is -2.22. The second-order valence-corrected chi connectivity index (χ2v) is 5.98. The molecule has 0 aliphatic carbocycles. The van der Waals surface area contributed by atoms with Gasteiger partial charge in [-0.3, -0.25) is 4.79 Å². The highest BCUT2D eigenvalue weighted by Crippen LogP contribution is 2.31. The quantitative estimate of drug-likeness (QED) is 0.785. The maximum atomic E-state index is 12.6. The van der Waals surface area contributed by atoms with Crippen molar-refractivity contribution in [2.24, 2.45) is 0 Å². The van der Waals surface area contributed by atoms with Crippen LogP contribution in [0.15, 0.2) is 48.5 Å². The smallest absolute Gasteiger partial charge is 0.338 e. The van der Waals surface area contributed by atoms with Gasteiger partial charge in [0.2, 0.25) is 0 Å². The summed E-state index contributed by atoms with van der Waals surface area (Å²) in [5.41, 5.74) is 2.60. The van der Waals surface area contributed by atoms with Crippen molar-refractivity contribution in [2.45, 2.75) is 26.3 Å². The molecule has 2 aromatic carbocycles. The minimum atomic E-state index is -0.368. The number of carbonyl (C=O) groups is 2. The predicted molar refractivity (Wildman–Crippen MR) is 95.0 cm³/mol. The number of amides is 1. The van der Waals surface area contributed by atoms with E-state index in [9.17, 15) is 9.59 Å². The molecule has 2 aromatic rings. The van der Waals surface area contributed by atoms with E-state index in [1.165, 1.54) is 5.56 Å². The van der Waals surface area contributed by atoms with Crippen LogP contribution in [-0.4, -0.2) is 31.1 Å². The molecule has 1 atom stereocenters. The topological polar surface area (TPSA) is 55.8 Å². The third kappa shape index (κ3) is 3.65. The van der Waals surface area contributed by atoms with Gasteiger partial charge in [-0.15, -0.1) is 0 Å². The Hall–Kier alpha value is -2.82. The maximum Gasteiger partial charge on any atom is 0.338 e. The zero-order valence-electron chi connectivity index (χ0n) is 14.4. The first-order valence-electron chi connectivity index (χ1n) is 8.40. The first kappa shape index (κ1) is 17.0. The molecule has 0 saturated heterocycles. The molecule has 0 saturated carbocycles. The SMILES string of the molecule is CCOC(=O)c1ccc(OCC(=O)N2c3ccccc3C[C@@H]2C)cc1. The molecule has 5 nitrogen and oxygen atoms in total. The van der Waals surface area contributed by atoms with Crippen molar-refractivity contribution in [3.05, 3.63) is 59.7 Å². The zero-order valence-corrected chi connectivity index (χ0v) is 14.4. The average Bonchev–Trinajstić information content (AvgIpc) is 2.96. The van der Waals surface area contributed by atoms with Gasteiger partial charge in [0, 0.05) is 11.7 Å². The number of anilines is 1. The van der Waals surface area contributed by atoms with Crippen LogP contribution in [-0.2, 0) is 16.0 Å². The first-order chi connectivity index (χ1) is 12.1. The summed E-state index contributed by atoms with van der Waals surface area (Å²) in [5, 5.41) is 0. The van der Waals surface area contributed by atoms with Gasteiger partial charge in [0.05, 0.1) is 12.2 Å². The van der Waals surface area contributed by atoms with E-state index in [0.717, 1.165) is 12.1 Å². The van der Waals surface area contributed by atoms with Gasteiger partial charge >= 0.3 is 5.97 Å². The molecule has 0 aromatic heterocycles. The number of hydrogen-bond acceptors (Lipinski definition) is 4. The Labute approximate surface area is 147 Å². The Morgan fingerprint density at radius 3 is 2.56 bits per heavy atom. The van der Waals surface area contributed by atoms with Gasteiger partial charge in [0.1, 0.15) is 5.75 Å². The summed E-state index contributed by atoms with van der Waals surface area (Å²) in [6.07, 6.45) is 0.857. The average molecular weight is 339 g/mol. The van der Waals surface area contributed by atoms with Crippen LogP contribution in [0.3, 0.4) is 0 Å². The summed E-state index contributed by atoms with van der Waals surface area (Å²) >= 11 is 0. The Morgan fingerprint density at radius 2 is 1.84 bits per heavy atom. The number of nitrogens with zero attached hydrogens (tertiary/aromatic N) is 1. The number of para-hydroxylation sites is 1. The Kier molecular flexibility index (Phi) is 5.03. The second-order valence-electron chi connectivity index (χ2n) is 5.98. The molecule has 0 N–H and O–H groups in total. The number of esters is 1. The minimum absolute atomic E-state index is 0.0442. The molecule has 25 heavy (non-hydrogen) atoms. The standard InChI is InChI=1S/C20H21NO4/c1-3-24-20(23)15-8-10-17(11-9-15)25-13-19(22)21-14(2)12-16-6-4-5-7-18(16)21/h4-11,14H,3,12-13H2,1-2H3/t14-/m0/s1. The van der Waals surface area contributed by atoms with Crippen LogP contribution in [0, 0.1) is 0 Å². The lowest BCUT2D eigenvalue weighted by Crippen LogP contribution is -2.39. The Bertz CT molecular complexity index is 770. The fourth-order valence-electron chi connectivity index (χ4n) is 3.06. The normalized spacial score (nSPS) is 15.6. The van der Waals surface area contributed by atoms with Crippen molar-refractivity contribution in [3.63, 3.8) is 0 Å². The van der Waals surface area contributed by atoms with Crippen LogP contribution >= 0.6 is 0 Å². The molecule has 130 valence electrons. The van der Waals surface area contributed by atoms with Crippen LogP contribution in [0.5, 0.6) is 5.75 Å². The number of ether oxygens (including phenoxy) is 2.